The molecule has 3 aliphatic rings. The zero-order valence-electron chi connectivity index (χ0n) is 20.6. The van der Waals surface area contributed by atoms with Gasteiger partial charge in [-0.2, -0.15) is 5.10 Å². The van der Waals surface area contributed by atoms with Gasteiger partial charge in [0.25, 0.3) is 5.91 Å². The van der Waals surface area contributed by atoms with E-state index in [0.717, 1.165) is 56.6 Å². The predicted octanol–water partition coefficient (Wildman–Crippen LogP) is 2.64. The van der Waals surface area contributed by atoms with Crippen LogP contribution in [0.5, 0.6) is 5.75 Å². The molecule has 0 aromatic heterocycles. The van der Waals surface area contributed by atoms with E-state index in [1.165, 1.54) is 9.91 Å². The van der Waals surface area contributed by atoms with Crippen molar-refractivity contribution in [3.05, 3.63) is 29.3 Å². The van der Waals surface area contributed by atoms with Crippen LogP contribution in [0.2, 0.25) is 0 Å². The number of nitrogens with zero attached hydrogens (tertiary/aromatic N) is 5. The smallest absolute Gasteiger partial charge is 0.349 e. The van der Waals surface area contributed by atoms with Crippen molar-refractivity contribution >= 4 is 17.6 Å². The van der Waals surface area contributed by atoms with E-state index in [-0.39, 0.29) is 24.6 Å². The number of fused-ring (bicyclic) bond motifs is 1. The number of hydrogen-bond donors (Lipinski definition) is 1. The van der Waals surface area contributed by atoms with Gasteiger partial charge in [-0.25, -0.2) is 14.7 Å². The summed E-state index contributed by atoms with van der Waals surface area (Å²) in [6.07, 6.45) is 2.93. The fourth-order valence-corrected chi connectivity index (χ4v) is 4.92. The summed E-state index contributed by atoms with van der Waals surface area (Å²) in [5.41, 5.74) is 2.30. The molecule has 0 aliphatic carbocycles. The Morgan fingerprint density at radius 1 is 1.09 bits per heavy atom. The normalized spacial score (nSPS) is 22.8. The molecule has 2 fully saturated rings. The number of likely N-dealkylation sites (N-methyl/N-ethyl adjacent to an activating group) is 1. The maximum Gasteiger partial charge on any atom is 0.349 e. The highest BCUT2D eigenvalue weighted by atomic mass is 16.5. The molecule has 9 heteroatoms. The molecular weight excluding hydrogens is 434 g/mol. The molecule has 1 aromatic carbocycles. The van der Waals surface area contributed by atoms with Gasteiger partial charge in [-0.3, -0.25) is 9.69 Å². The Labute approximate surface area is 201 Å². The Morgan fingerprint density at radius 3 is 2.53 bits per heavy atom. The molecule has 2 unspecified atom stereocenters. The molecular formula is C25H37N5O4. The van der Waals surface area contributed by atoms with Crippen LogP contribution >= 0.6 is 0 Å². The maximum absolute atomic E-state index is 13.4. The second-order valence-electron chi connectivity index (χ2n) is 9.42. The summed E-state index contributed by atoms with van der Waals surface area (Å²) in [5.74, 6) is 0.486. The summed E-state index contributed by atoms with van der Waals surface area (Å²) in [5, 5.41) is 16.4. The number of aliphatic hydroxyl groups is 1. The molecule has 3 aliphatic heterocycles. The van der Waals surface area contributed by atoms with Crippen molar-refractivity contribution in [2.24, 2.45) is 5.10 Å². The number of benzene rings is 1. The van der Waals surface area contributed by atoms with Crippen LogP contribution in [0, 0.1) is 0 Å². The molecule has 34 heavy (non-hydrogen) atoms. The van der Waals surface area contributed by atoms with Gasteiger partial charge in [0.2, 0.25) is 0 Å². The second kappa shape index (κ2) is 10.8. The molecule has 9 nitrogen and oxygen atoms in total. The Balaban J connectivity index is 1.57. The fourth-order valence-electron chi connectivity index (χ4n) is 4.92. The van der Waals surface area contributed by atoms with Crippen LogP contribution in [-0.2, 0) is 4.79 Å². The largest absolute Gasteiger partial charge is 0.492 e. The van der Waals surface area contributed by atoms with Gasteiger partial charge in [0.05, 0.1) is 24.6 Å². The minimum Gasteiger partial charge on any atom is -0.492 e. The van der Waals surface area contributed by atoms with Crippen molar-refractivity contribution in [3.8, 4) is 5.75 Å². The average Bonchev–Trinajstić information content (AvgIpc) is 3.11. The molecule has 4 rings (SSSR count). The number of aliphatic hydroxyl groups excluding tert-OH is 1. The van der Waals surface area contributed by atoms with Crippen molar-refractivity contribution in [1.82, 2.24) is 19.7 Å². The van der Waals surface area contributed by atoms with E-state index in [2.05, 4.69) is 28.9 Å². The van der Waals surface area contributed by atoms with Crippen molar-refractivity contribution in [1.29, 1.82) is 0 Å². The standard InChI is InChI=1S/C25H37N5O4/c1-4-6-21(31)18-8-9-22-19(16-18)20(10-15-34-22)26-29-17-24(32)30(25(29)33)23(7-5-2)28-13-11-27(3)12-14-28/h8-9,16,21,23,31H,4-7,10-15,17H2,1-3H3/b26-20+. The number of carbonyl (C=O) groups excluding carboxylic acids is 2. The van der Waals surface area contributed by atoms with E-state index in [1.54, 1.807) is 0 Å². The van der Waals surface area contributed by atoms with Gasteiger partial charge in [0, 0.05) is 38.2 Å². The number of hydrazone groups is 1. The molecule has 3 amide bonds. The highest BCUT2D eigenvalue weighted by molar-refractivity contribution is 6.06. The molecule has 3 heterocycles. The Bertz CT molecular complexity index is 928. The van der Waals surface area contributed by atoms with Crippen molar-refractivity contribution in [3.63, 3.8) is 0 Å². The zero-order valence-corrected chi connectivity index (χ0v) is 20.6. The van der Waals surface area contributed by atoms with Crippen LogP contribution in [0.3, 0.4) is 0 Å². The lowest BCUT2D eigenvalue weighted by Crippen LogP contribution is -2.56. The van der Waals surface area contributed by atoms with E-state index in [4.69, 9.17) is 4.74 Å². The van der Waals surface area contributed by atoms with Crippen LogP contribution in [-0.4, -0.2) is 95.0 Å². The number of ether oxygens (including phenoxy) is 1. The van der Waals surface area contributed by atoms with Gasteiger partial charge in [-0.05, 0) is 37.6 Å². The molecule has 2 atom stereocenters. The van der Waals surface area contributed by atoms with E-state index in [1.807, 2.05) is 25.1 Å². The van der Waals surface area contributed by atoms with Gasteiger partial charge in [-0.15, -0.1) is 0 Å². The first-order valence-electron chi connectivity index (χ1n) is 12.5. The van der Waals surface area contributed by atoms with Gasteiger partial charge < -0.3 is 14.7 Å². The number of imide groups is 1. The summed E-state index contributed by atoms with van der Waals surface area (Å²) in [4.78, 5) is 32.4. The van der Waals surface area contributed by atoms with Crippen molar-refractivity contribution < 1.29 is 19.4 Å². The third kappa shape index (κ3) is 5.11. The van der Waals surface area contributed by atoms with Gasteiger partial charge in [0.15, 0.2) is 0 Å². The monoisotopic (exact) mass is 471 g/mol. The van der Waals surface area contributed by atoms with Crippen molar-refractivity contribution in [2.45, 2.75) is 58.2 Å². The average molecular weight is 472 g/mol. The lowest BCUT2D eigenvalue weighted by Gasteiger charge is -2.40. The molecule has 186 valence electrons. The summed E-state index contributed by atoms with van der Waals surface area (Å²) in [6.45, 7) is 8.03. The fraction of sp³-hybridized carbons (Fsp3) is 0.640. The van der Waals surface area contributed by atoms with E-state index in [9.17, 15) is 14.7 Å². The summed E-state index contributed by atoms with van der Waals surface area (Å²) in [6, 6.07) is 5.27. The number of piperazine rings is 1. The SMILES string of the molecule is CCCC(O)c1ccc2c(c1)/C(=N/N1CC(=O)N(C(CCC)N3CCN(C)CC3)C1=O)CCO2. The molecule has 1 aromatic rings. The molecule has 1 N–H and O–H groups in total. The van der Waals surface area contributed by atoms with E-state index in [0.29, 0.717) is 30.9 Å². The first-order chi connectivity index (χ1) is 16.4. The summed E-state index contributed by atoms with van der Waals surface area (Å²) < 4.78 is 5.79. The zero-order chi connectivity index (χ0) is 24.2. The summed E-state index contributed by atoms with van der Waals surface area (Å²) >= 11 is 0. The van der Waals surface area contributed by atoms with Crippen molar-refractivity contribution in [2.75, 3.05) is 46.4 Å². The molecule has 0 radical (unpaired) electrons. The quantitative estimate of drug-likeness (QED) is 0.587. The Morgan fingerprint density at radius 2 is 1.82 bits per heavy atom. The lowest BCUT2D eigenvalue weighted by molar-refractivity contribution is -0.130. The minimum atomic E-state index is -0.553. The van der Waals surface area contributed by atoms with Crippen LogP contribution in [0.1, 0.15) is 63.2 Å². The Kier molecular flexibility index (Phi) is 7.85. The first kappa shape index (κ1) is 24.6. The molecule has 0 saturated carbocycles. The van der Waals surface area contributed by atoms with Crippen LogP contribution in [0.4, 0.5) is 4.79 Å². The van der Waals surface area contributed by atoms with Crippen LogP contribution < -0.4 is 4.74 Å². The number of urea groups is 1. The van der Waals surface area contributed by atoms with E-state index >= 15 is 0 Å². The Hall–Kier alpha value is -2.49. The number of rotatable bonds is 8. The highest BCUT2D eigenvalue weighted by Gasteiger charge is 2.43. The second-order valence-corrected chi connectivity index (χ2v) is 9.42. The third-order valence-electron chi connectivity index (χ3n) is 6.88. The number of amides is 3. The first-order valence-corrected chi connectivity index (χ1v) is 12.5. The summed E-state index contributed by atoms with van der Waals surface area (Å²) in [7, 11) is 2.09. The molecule has 0 bridgehead atoms. The number of carbonyl (C=O) groups is 2. The lowest BCUT2D eigenvalue weighted by atomic mass is 9.97. The minimum absolute atomic E-state index is 0.0510. The topological polar surface area (TPSA) is 88.9 Å². The van der Waals surface area contributed by atoms with Gasteiger partial charge in [-0.1, -0.05) is 32.8 Å². The molecule has 2 saturated heterocycles. The third-order valence-corrected chi connectivity index (χ3v) is 6.88. The predicted molar refractivity (Wildman–Crippen MR) is 130 cm³/mol. The molecule has 0 spiro atoms. The van der Waals surface area contributed by atoms with Crippen LogP contribution in [0.15, 0.2) is 23.3 Å². The number of hydrogen-bond acceptors (Lipinski definition) is 7. The highest BCUT2D eigenvalue weighted by Crippen LogP contribution is 2.31. The van der Waals surface area contributed by atoms with Gasteiger partial charge >= 0.3 is 6.03 Å². The van der Waals surface area contributed by atoms with E-state index < -0.39 is 6.10 Å². The van der Waals surface area contributed by atoms with Crippen LogP contribution in [0.25, 0.3) is 0 Å². The van der Waals surface area contributed by atoms with Gasteiger partial charge in [0.1, 0.15) is 12.3 Å². The maximum atomic E-state index is 13.4.